The van der Waals surface area contributed by atoms with E-state index < -0.39 is 24.0 Å². The Bertz CT molecular complexity index is 998. The summed E-state index contributed by atoms with van der Waals surface area (Å²) in [6.07, 6.45) is 0. The van der Waals surface area contributed by atoms with Gasteiger partial charge in [0.1, 0.15) is 17.9 Å². The predicted molar refractivity (Wildman–Crippen MR) is 106 cm³/mol. The molecule has 0 aliphatic carbocycles. The van der Waals surface area contributed by atoms with Crippen molar-refractivity contribution >= 4 is 28.7 Å². The van der Waals surface area contributed by atoms with Crippen LogP contribution < -0.4 is 15.4 Å². The number of carbonyl (C=O) groups excluding carboxylic acids is 3. The third-order valence-electron chi connectivity index (χ3n) is 4.50. The van der Waals surface area contributed by atoms with Crippen LogP contribution in [0.5, 0.6) is 5.75 Å². The van der Waals surface area contributed by atoms with Gasteiger partial charge in [-0.1, -0.05) is 24.3 Å². The van der Waals surface area contributed by atoms with Gasteiger partial charge in [-0.2, -0.15) is 0 Å². The SMILES string of the molecule is CCOC(=O)C1=C(COC(=O)c2cc3ccccc3cc2OC)NC(=O)N[C@H]1C. The number of nitrogens with one attached hydrogen (secondary N) is 2. The van der Waals surface area contributed by atoms with E-state index in [4.69, 9.17) is 14.2 Å². The van der Waals surface area contributed by atoms with Crippen LogP contribution in [0.1, 0.15) is 24.2 Å². The summed E-state index contributed by atoms with van der Waals surface area (Å²) in [6, 6.07) is 9.92. The fraction of sp³-hybridized carbons (Fsp3) is 0.286. The first-order valence-electron chi connectivity index (χ1n) is 9.16. The maximum Gasteiger partial charge on any atom is 0.342 e. The highest BCUT2D eigenvalue weighted by Crippen LogP contribution is 2.27. The highest BCUT2D eigenvalue weighted by molar-refractivity contribution is 5.99. The summed E-state index contributed by atoms with van der Waals surface area (Å²) in [5, 5.41) is 6.89. The van der Waals surface area contributed by atoms with Crippen molar-refractivity contribution in [2.24, 2.45) is 0 Å². The second kappa shape index (κ2) is 8.64. The Kier molecular flexibility index (Phi) is 6.01. The molecule has 1 aliphatic heterocycles. The molecule has 0 radical (unpaired) electrons. The van der Waals surface area contributed by atoms with Crippen LogP contribution in [0.25, 0.3) is 10.8 Å². The molecule has 3 rings (SSSR count). The third-order valence-corrected chi connectivity index (χ3v) is 4.50. The highest BCUT2D eigenvalue weighted by atomic mass is 16.5. The number of amides is 2. The molecule has 2 aromatic carbocycles. The normalized spacial score (nSPS) is 16.1. The van der Waals surface area contributed by atoms with Crippen LogP contribution in [0.15, 0.2) is 47.7 Å². The number of urea groups is 1. The van der Waals surface area contributed by atoms with Crippen LogP contribution in [0.3, 0.4) is 0 Å². The van der Waals surface area contributed by atoms with Crippen LogP contribution in [-0.4, -0.2) is 44.3 Å². The van der Waals surface area contributed by atoms with Gasteiger partial charge in [0.15, 0.2) is 0 Å². The molecule has 1 aliphatic rings. The van der Waals surface area contributed by atoms with E-state index in [1.807, 2.05) is 24.3 Å². The highest BCUT2D eigenvalue weighted by Gasteiger charge is 2.30. The first-order chi connectivity index (χ1) is 13.9. The average Bonchev–Trinajstić information content (AvgIpc) is 2.70. The first-order valence-corrected chi connectivity index (χ1v) is 9.16. The van der Waals surface area contributed by atoms with Gasteiger partial charge in [-0.3, -0.25) is 0 Å². The molecule has 1 heterocycles. The molecule has 0 aromatic heterocycles. The van der Waals surface area contributed by atoms with Gasteiger partial charge in [0.25, 0.3) is 0 Å². The van der Waals surface area contributed by atoms with E-state index in [-0.39, 0.29) is 30.0 Å². The van der Waals surface area contributed by atoms with Crippen molar-refractivity contribution in [1.29, 1.82) is 0 Å². The Labute approximate surface area is 167 Å². The lowest BCUT2D eigenvalue weighted by Gasteiger charge is -2.26. The monoisotopic (exact) mass is 398 g/mol. The quantitative estimate of drug-likeness (QED) is 0.725. The molecule has 2 amide bonds. The van der Waals surface area contributed by atoms with Crippen molar-refractivity contribution in [3.05, 3.63) is 53.2 Å². The van der Waals surface area contributed by atoms with Gasteiger partial charge < -0.3 is 24.8 Å². The number of fused-ring (bicyclic) bond motifs is 1. The predicted octanol–water partition coefficient (Wildman–Crippen LogP) is 2.52. The molecule has 29 heavy (non-hydrogen) atoms. The van der Waals surface area contributed by atoms with E-state index in [2.05, 4.69) is 10.6 Å². The number of carbonyl (C=O) groups is 3. The lowest BCUT2D eigenvalue weighted by atomic mass is 10.0. The molecule has 0 unspecified atom stereocenters. The summed E-state index contributed by atoms with van der Waals surface area (Å²) in [7, 11) is 1.47. The van der Waals surface area contributed by atoms with E-state index in [1.54, 1.807) is 26.0 Å². The fourth-order valence-electron chi connectivity index (χ4n) is 3.16. The summed E-state index contributed by atoms with van der Waals surface area (Å²) < 4.78 is 15.8. The lowest BCUT2D eigenvalue weighted by molar-refractivity contribution is -0.139. The van der Waals surface area contributed by atoms with Crippen LogP contribution in [0.4, 0.5) is 4.79 Å². The molecule has 8 nitrogen and oxygen atoms in total. The van der Waals surface area contributed by atoms with Crippen LogP contribution >= 0.6 is 0 Å². The summed E-state index contributed by atoms with van der Waals surface area (Å²) in [5.74, 6) is -0.846. The van der Waals surface area contributed by atoms with Crippen molar-refractivity contribution in [3.8, 4) is 5.75 Å². The van der Waals surface area contributed by atoms with E-state index >= 15 is 0 Å². The van der Waals surface area contributed by atoms with E-state index in [0.717, 1.165) is 10.8 Å². The average molecular weight is 398 g/mol. The van der Waals surface area contributed by atoms with Gasteiger partial charge in [-0.25, -0.2) is 14.4 Å². The van der Waals surface area contributed by atoms with E-state index in [9.17, 15) is 14.4 Å². The van der Waals surface area contributed by atoms with Gasteiger partial charge in [-0.15, -0.1) is 0 Å². The number of benzene rings is 2. The summed E-state index contributed by atoms with van der Waals surface area (Å²) in [5.41, 5.74) is 0.648. The summed E-state index contributed by atoms with van der Waals surface area (Å²) in [4.78, 5) is 36.8. The van der Waals surface area contributed by atoms with Crippen molar-refractivity contribution in [2.75, 3.05) is 20.3 Å². The van der Waals surface area contributed by atoms with Crippen molar-refractivity contribution in [2.45, 2.75) is 19.9 Å². The Morgan fingerprint density at radius 1 is 1.07 bits per heavy atom. The number of hydrogen-bond donors (Lipinski definition) is 2. The van der Waals surface area contributed by atoms with Gasteiger partial charge in [-0.05, 0) is 36.8 Å². The Morgan fingerprint density at radius 2 is 1.76 bits per heavy atom. The molecule has 2 N–H and O–H groups in total. The van der Waals surface area contributed by atoms with Crippen molar-refractivity contribution in [1.82, 2.24) is 10.6 Å². The molecule has 0 saturated carbocycles. The van der Waals surface area contributed by atoms with E-state index in [0.29, 0.717) is 5.75 Å². The molecule has 2 aromatic rings. The van der Waals surface area contributed by atoms with Gasteiger partial charge >= 0.3 is 18.0 Å². The zero-order chi connectivity index (χ0) is 21.0. The minimum Gasteiger partial charge on any atom is -0.496 e. The standard InChI is InChI=1S/C21H22N2O6/c1-4-28-20(25)18-12(2)22-21(26)23-16(18)11-29-19(24)15-9-13-7-5-6-8-14(13)10-17(15)27-3/h5-10,12H,4,11H2,1-3H3,(H2,22,23,26)/t12-/m0/s1. The molecule has 0 fully saturated rings. The largest absolute Gasteiger partial charge is 0.496 e. The number of esters is 2. The minimum atomic E-state index is -0.635. The smallest absolute Gasteiger partial charge is 0.342 e. The maximum absolute atomic E-state index is 12.7. The topological polar surface area (TPSA) is 103 Å². The van der Waals surface area contributed by atoms with Crippen LogP contribution in [0, 0.1) is 0 Å². The number of methoxy groups -OCH3 is 1. The molecule has 1 atom stereocenters. The number of ether oxygens (including phenoxy) is 3. The molecular formula is C21H22N2O6. The number of rotatable bonds is 6. The maximum atomic E-state index is 12.7. The second-order valence-electron chi connectivity index (χ2n) is 6.41. The van der Waals surface area contributed by atoms with Crippen LogP contribution in [-0.2, 0) is 14.3 Å². The van der Waals surface area contributed by atoms with Gasteiger partial charge in [0.05, 0.1) is 31.0 Å². The first kappa shape index (κ1) is 20.2. The second-order valence-corrected chi connectivity index (χ2v) is 6.41. The Morgan fingerprint density at radius 3 is 2.41 bits per heavy atom. The zero-order valence-electron chi connectivity index (χ0n) is 16.4. The summed E-state index contributed by atoms with van der Waals surface area (Å²) in [6.45, 7) is 3.23. The fourth-order valence-corrected chi connectivity index (χ4v) is 3.16. The molecular weight excluding hydrogens is 376 g/mol. The lowest BCUT2D eigenvalue weighted by Crippen LogP contribution is -2.50. The van der Waals surface area contributed by atoms with Crippen molar-refractivity contribution < 1.29 is 28.6 Å². The molecule has 0 spiro atoms. The zero-order valence-corrected chi connectivity index (χ0v) is 16.4. The van der Waals surface area contributed by atoms with Gasteiger partial charge in [0, 0.05) is 0 Å². The minimum absolute atomic E-state index is 0.185. The van der Waals surface area contributed by atoms with Crippen molar-refractivity contribution in [3.63, 3.8) is 0 Å². The molecule has 0 saturated heterocycles. The Hall–Kier alpha value is -3.55. The molecule has 0 bridgehead atoms. The Balaban J connectivity index is 1.86. The number of hydrogen-bond acceptors (Lipinski definition) is 6. The molecule has 152 valence electrons. The van der Waals surface area contributed by atoms with Crippen LogP contribution in [0.2, 0.25) is 0 Å². The summed E-state index contributed by atoms with van der Waals surface area (Å²) >= 11 is 0. The molecule has 8 heteroatoms. The third kappa shape index (κ3) is 4.31. The van der Waals surface area contributed by atoms with Gasteiger partial charge in [0.2, 0.25) is 0 Å². The van der Waals surface area contributed by atoms with E-state index in [1.165, 1.54) is 7.11 Å².